The minimum Gasteiger partial charge on any atom is -0.462 e. The Morgan fingerprint density at radius 3 is 2.35 bits per heavy atom. The molecule has 0 aliphatic carbocycles. The summed E-state index contributed by atoms with van der Waals surface area (Å²) in [5.41, 5.74) is 1.11. The highest BCUT2D eigenvalue weighted by Gasteiger charge is 2.20. The molecule has 1 saturated heterocycles. The Balaban J connectivity index is 1.74. The largest absolute Gasteiger partial charge is 0.462 e. The second-order valence-corrected chi connectivity index (χ2v) is 6.45. The molecule has 0 saturated carbocycles. The van der Waals surface area contributed by atoms with Crippen molar-refractivity contribution < 1.29 is 14.3 Å². The van der Waals surface area contributed by atoms with Crippen LogP contribution in [-0.2, 0) is 4.74 Å². The number of carbonyl (C=O) groups is 2. The predicted molar refractivity (Wildman–Crippen MR) is 103 cm³/mol. The van der Waals surface area contributed by atoms with E-state index in [1.165, 1.54) is 0 Å². The minimum absolute atomic E-state index is 0.243. The number of amides is 2. The van der Waals surface area contributed by atoms with Gasteiger partial charge in [0.15, 0.2) is 0 Å². The standard InChI is InChI=1S/C19H30N4O3/c1-4-22-10-12-23(13-11-22)15(3)14-20-19(25)21-17-8-6-16(7-9-17)18(24)26-5-2/h6-9,15H,4-5,10-14H2,1-3H3,(H2,20,21,25)/t15-/m1/s1. The first-order valence-corrected chi connectivity index (χ1v) is 9.32. The van der Waals surface area contributed by atoms with Gasteiger partial charge in [-0.2, -0.15) is 0 Å². The summed E-state index contributed by atoms with van der Waals surface area (Å²) in [7, 11) is 0. The first-order chi connectivity index (χ1) is 12.5. The van der Waals surface area contributed by atoms with Crippen LogP contribution in [0.4, 0.5) is 10.5 Å². The van der Waals surface area contributed by atoms with Crippen molar-refractivity contribution >= 4 is 17.7 Å². The van der Waals surface area contributed by atoms with Gasteiger partial charge in [-0.25, -0.2) is 9.59 Å². The first-order valence-electron chi connectivity index (χ1n) is 9.32. The SMILES string of the molecule is CCOC(=O)c1ccc(NC(=O)NC[C@@H](C)N2CCN(CC)CC2)cc1. The third kappa shape index (κ3) is 6.00. The number of hydrogen-bond acceptors (Lipinski definition) is 5. The number of anilines is 1. The van der Waals surface area contributed by atoms with Gasteiger partial charge in [-0.15, -0.1) is 0 Å². The van der Waals surface area contributed by atoms with E-state index in [0.717, 1.165) is 32.7 Å². The van der Waals surface area contributed by atoms with E-state index in [-0.39, 0.29) is 12.0 Å². The number of hydrogen-bond donors (Lipinski definition) is 2. The van der Waals surface area contributed by atoms with Gasteiger partial charge < -0.3 is 20.3 Å². The fraction of sp³-hybridized carbons (Fsp3) is 0.579. The van der Waals surface area contributed by atoms with Gasteiger partial charge in [0, 0.05) is 44.5 Å². The van der Waals surface area contributed by atoms with Gasteiger partial charge in [0.05, 0.1) is 12.2 Å². The van der Waals surface area contributed by atoms with Crippen LogP contribution in [0.3, 0.4) is 0 Å². The zero-order valence-electron chi connectivity index (χ0n) is 16.0. The summed E-state index contributed by atoms with van der Waals surface area (Å²) in [6.45, 7) is 12.4. The fourth-order valence-corrected chi connectivity index (χ4v) is 2.97. The summed E-state index contributed by atoms with van der Waals surface area (Å²) in [6.07, 6.45) is 0. The monoisotopic (exact) mass is 362 g/mol. The number of likely N-dealkylation sites (N-methyl/N-ethyl adjacent to an activating group) is 1. The van der Waals surface area contributed by atoms with Crippen LogP contribution in [-0.4, -0.2) is 73.7 Å². The highest BCUT2D eigenvalue weighted by Crippen LogP contribution is 2.11. The van der Waals surface area contributed by atoms with Crippen molar-refractivity contribution in [2.24, 2.45) is 0 Å². The van der Waals surface area contributed by atoms with Gasteiger partial charge in [0.1, 0.15) is 0 Å². The molecule has 1 fully saturated rings. The van der Waals surface area contributed by atoms with Crippen LogP contribution in [0.1, 0.15) is 31.1 Å². The second kappa shape index (κ2) is 10.1. The van der Waals surface area contributed by atoms with Gasteiger partial charge in [0.25, 0.3) is 0 Å². The zero-order chi connectivity index (χ0) is 18.9. The van der Waals surface area contributed by atoms with E-state index in [1.54, 1.807) is 31.2 Å². The van der Waals surface area contributed by atoms with E-state index in [1.807, 2.05) is 0 Å². The molecule has 7 heteroatoms. The molecular formula is C19H30N4O3. The van der Waals surface area contributed by atoms with Crippen LogP contribution in [0.15, 0.2) is 24.3 Å². The Labute approximate surface area is 155 Å². The molecule has 0 aromatic heterocycles. The summed E-state index contributed by atoms with van der Waals surface area (Å²) in [4.78, 5) is 28.5. The molecule has 0 spiro atoms. The highest BCUT2D eigenvalue weighted by atomic mass is 16.5. The van der Waals surface area contributed by atoms with Crippen LogP contribution in [0, 0.1) is 0 Å². The minimum atomic E-state index is -0.361. The summed E-state index contributed by atoms with van der Waals surface area (Å²) in [5.74, 6) is -0.361. The molecule has 0 bridgehead atoms. The summed E-state index contributed by atoms with van der Waals surface area (Å²) < 4.78 is 4.94. The zero-order valence-corrected chi connectivity index (χ0v) is 16.0. The average molecular weight is 362 g/mol. The topological polar surface area (TPSA) is 73.9 Å². The molecule has 2 amide bonds. The number of ether oxygens (including phenoxy) is 1. The van der Waals surface area contributed by atoms with Crippen molar-refractivity contribution in [2.75, 3.05) is 51.2 Å². The maximum atomic E-state index is 12.1. The van der Waals surface area contributed by atoms with Crippen LogP contribution in [0.25, 0.3) is 0 Å². The van der Waals surface area contributed by atoms with Crippen LogP contribution >= 0.6 is 0 Å². The Kier molecular flexibility index (Phi) is 7.87. The molecule has 0 unspecified atom stereocenters. The third-order valence-corrected chi connectivity index (χ3v) is 4.69. The smallest absolute Gasteiger partial charge is 0.338 e. The van der Waals surface area contributed by atoms with Crippen LogP contribution in [0.5, 0.6) is 0 Å². The molecule has 2 rings (SSSR count). The number of carbonyl (C=O) groups excluding carboxylic acids is 2. The van der Waals surface area contributed by atoms with Crippen molar-refractivity contribution in [1.29, 1.82) is 0 Å². The number of piperazine rings is 1. The van der Waals surface area contributed by atoms with Crippen molar-refractivity contribution in [2.45, 2.75) is 26.8 Å². The molecule has 1 aliphatic rings. The number of esters is 1. The fourth-order valence-electron chi connectivity index (χ4n) is 2.97. The lowest BCUT2D eigenvalue weighted by Gasteiger charge is -2.37. The molecule has 0 radical (unpaired) electrons. The van der Waals surface area contributed by atoms with Gasteiger partial charge in [-0.05, 0) is 44.7 Å². The van der Waals surface area contributed by atoms with Crippen LogP contribution in [0.2, 0.25) is 0 Å². The molecular weight excluding hydrogens is 332 g/mol. The molecule has 1 heterocycles. The summed E-state index contributed by atoms with van der Waals surface area (Å²) in [5, 5.41) is 5.70. The molecule has 1 aliphatic heterocycles. The molecule has 1 aromatic carbocycles. The van der Waals surface area contributed by atoms with Crippen LogP contribution < -0.4 is 10.6 Å². The lowest BCUT2D eigenvalue weighted by molar-refractivity contribution is 0.0526. The van der Waals surface area contributed by atoms with Crippen molar-refractivity contribution in [3.05, 3.63) is 29.8 Å². The molecule has 144 valence electrons. The maximum absolute atomic E-state index is 12.1. The molecule has 1 atom stereocenters. The number of nitrogens with zero attached hydrogens (tertiary/aromatic N) is 2. The number of nitrogens with one attached hydrogen (secondary N) is 2. The lowest BCUT2D eigenvalue weighted by atomic mass is 10.2. The number of rotatable bonds is 7. The highest BCUT2D eigenvalue weighted by molar-refractivity contribution is 5.92. The molecule has 2 N–H and O–H groups in total. The van der Waals surface area contributed by atoms with Gasteiger partial charge in [-0.3, -0.25) is 4.90 Å². The molecule has 1 aromatic rings. The van der Waals surface area contributed by atoms with E-state index in [9.17, 15) is 9.59 Å². The summed E-state index contributed by atoms with van der Waals surface area (Å²) in [6, 6.07) is 6.73. The Morgan fingerprint density at radius 2 is 1.77 bits per heavy atom. The first kappa shape index (κ1) is 20.2. The van der Waals surface area contributed by atoms with Gasteiger partial charge in [0.2, 0.25) is 0 Å². The van der Waals surface area contributed by atoms with E-state index in [4.69, 9.17) is 4.74 Å². The third-order valence-electron chi connectivity index (χ3n) is 4.69. The second-order valence-electron chi connectivity index (χ2n) is 6.45. The quantitative estimate of drug-likeness (QED) is 0.726. The van der Waals surface area contributed by atoms with E-state index in [0.29, 0.717) is 30.4 Å². The van der Waals surface area contributed by atoms with Gasteiger partial charge in [-0.1, -0.05) is 6.92 Å². The lowest BCUT2D eigenvalue weighted by Crippen LogP contribution is -2.52. The van der Waals surface area contributed by atoms with Crippen molar-refractivity contribution in [1.82, 2.24) is 15.1 Å². The Morgan fingerprint density at radius 1 is 1.12 bits per heavy atom. The normalized spacial score (nSPS) is 16.7. The van der Waals surface area contributed by atoms with E-state index in [2.05, 4.69) is 34.3 Å². The Hall–Kier alpha value is -2.12. The average Bonchev–Trinajstić information content (AvgIpc) is 2.67. The summed E-state index contributed by atoms with van der Waals surface area (Å²) >= 11 is 0. The van der Waals surface area contributed by atoms with E-state index < -0.39 is 0 Å². The van der Waals surface area contributed by atoms with Crippen molar-refractivity contribution in [3.8, 4) is 0 Å². The van der Waals surface area contributed by atoms with Crippen molar-refractivity contribution in [3.63, 3.8) is 0 Å². The Bertz CT molecular complexity index is 583. The molecule has 26 heavy (non-hydrogen) atoms. The predicted octanol–water partition coefficient (Wildman–Crippen LogP) is 2.01. The number of benzene rings is 1. The number of urea groups is 1. The van der Waals surface area contributed by atoms with E-state index >= 15 is 0 Å². The van der Waals surface area contributed by atoms with Gasteiger partial charge >= 0.3 is 12.0 Å². The maximum Gasteiger partial charge on any atom is 0.338 e. The molecule has 7 nitrogen and oxygen atoms in total.